The van der Waals surface area contributed by atoms with E-state index in [0.29, 0.717) is 12.0 Å². The fourth-order valence-electron chi connectivity index (χ4n) is 2.08. The van der Waals surface area contributed by atoms with Crippen LogP contribution in [0.5, 0.6) is 5.75 Å². The average Bonchev–Trinajstić information content (AvgIpc) is 2.47. The molecule has 0 heterocycles. The number of rotatable bonds is 6. The number of alkyl halides is 2. The highest BCUT2D eigenvalue weighted by atomic mass is 35.5. The Balaban J connectivity index is 0.00000242. The van der Waals surface area contributed by atoms with E-state index in [1.165, 1.54) is 12.1 Å². The second-order valence-electron chi connectivity index (χ2n) is 4.73. The topological polar surface area (TPSA) is 55.5 Å². The molecular formula is C16H18ClF2NO2. The van der Waals surface area contributed by atoms with Crippen LogP contribution in [0.25, 0.3) is 0 Å². The Morgan fingerprint density at radius 1 is 1.00 bits per heavy atom. The molecule has 0 aliphatic rings. The molecule has 0 radical (unpaired) electrons. The number of ether oxygens (including phenoxy) is 1. The quantitative estimate of drug-likeness (QED) is 0.855. The van der Waals surface area contributed by atoms with Crippen molar-refractivity contribution in [2.75, 3.05) is 0 Å². The predicted molar refractivity (Wildman–Crippen MR) is 83.4 cm³/mol. The smallest absolute Gasteiger partial charge is 0.387 e. The number of benzene rings is 2. The SMILES string of the molecule is Cl.N[C@@H](c1ccc(OC(F)F)cc1)[C@H](O)Cc1ccccc1. The van der Waals surface area contributed by atoms with Crippen LogP contribution in [0.15, 0.2) is 54.6 Å². The van der Waals surface area contributed by atoms with Crippen LogP contribution in [0.3, 0.4) is 0 Å². The average molecular weight is 330 g/mol. The number of aliphatic hydroxyl groups is 1. The minimum Gasteiger partial charge on any atom is -0.435 e. The lowest BCUT2D eigenvalue weighted by molar-refractivity contribution is -0.0498. The lowest BCUT2D eigenvalue weighted by Gasteiger charge is -2.19. The van der Waals surface area contributed by atoms with Crippen LogP contribution < -0.4 is 10.5 Å². The summed E-state index contributed by atoms with van der Waals surface area (Å²) in [6.07, 6.45) is -0.327. The van der Waals surface area contributed by atoms with Gasteiger partial charge in [0.05, 0.1) is 12.1 Å². The van der Waals surface area contributed by atoms with Gasteiger partial charge in [-0.2, -0.15) is 8.78 Å². The maximum absolute atomic E-state index is 12.1. The predicted octanol–water partition coefficient (Wildman–Crippen LogP) is 3.31. The maximum Gasteiger partial charge on any atom is 0.387 e. The van der Waals surface area contributed by atoms with Gasteiger partial charge in [0.25, 0.3) is 0 Å². The van der Waals surface area contributed by atoms with Crippen LogP contribution in [0.1, 0.15) is 17.2 Å². The molecule has 0 bridgehead atoms. The zero-order chi connectivity index (χ0) is 15.2. The lowest BCUT2D eigenvalue weighted by atomic mass is 9.97. The van der Waals surface area contributed by atoms with Gasteiger partial charge in [0.2, 0.25) is 0 Å². The normalized spacial score (nSPS) is 13.3. The summed E-state index contributed by atoms with van der Waals surface area (Å²) in [4.78, 5) is 0. The first kappa shape index (κ1) is 18.4. The summed E-state index contributed by atoms with van der Waals surface area (Å²) in [7, 11) is 0. The van der Waals surface area contributed by atoms with Gasteiger partial charge in [0.1, 0.15) is 5.75 Å². The summed E-state index contributed by atoms with van der Waals surface area (Å²) < 4.78 is 28.4. The first-order valence-corrected chi connectivity index (χ1v) is 6.58. The Kier molecular flexibility index (Phi) is 7.24. The van der Waals surface area contributed by atoms with Crippen LogP contribution in [0.4, 0.5) is 8.78 Å². The summed E-state index contributed by atoms with van der Waals surface area (Å²) in [6.45, 7) is -2.85. The standard InChI is InChI=1S/C16H17F2NO2.ClH/c17-16(18)21-13-8-6-12(7-9-13)15(19)14(20)10-11-4-2-1-3-5-11;/h1-9,14-16,20H,10,19H2;1H/t14-,15+;/m1./s1. The van der Waals surface area contributed by atoms with Gasteiger partial charge in [-0.05, 0) is 23.3 Å². The molecule has 3 nitrogen and oxygen atoms in total. The second-order valence-corrected chi connectivity index (χ2v) is 4.73. The Labute approximate surface area is 134 Å². The van der Waals surface area contributed by atoms with E-state index in [1.54, 1.807) is 12.1 Å². The molecule has 0 unspecified atom stereocenters. The third-order valence-corrected chi connectivity index (χ3v) is 3.19. The molecular weight excluding hydrogens is 312 g/mol. The van der Waals surface area contributed by atoms with Gasteiger partial charge in [-0.25, -0.2) is 0 Å². The van der Waals surface area contributed by atoms with Crippen LogP contribution in [0.2, 0.25) is 0 Å². The summed E-state index contributed by atoms with van der Waals surface area (Å²) >= 11 is 0. The molecule has 2 atom stereocenters. The third kappa shape index (κ3) is 5.26. The van der Waals surface area contributed by atoms with Crippen LogP contribution in [0, 0.1) is 0 Å². The molecule has 0 aliphatic carbocycles. The van der Waals surface area contributed by atoms with E-state index in [4.69, 9.17) is 5.73 Å². The van der Waals surface area contributed by atoms with Gasteiger partial charge in [0, 0.05) is 6.42 Å². The van der Waals surface area contributed by atoms with Gasteiger partial charge in [-0.3, -0.25) is 0 Å². The highest BCUT2D eigenvalue weighted by Gasteiger charge is 2.17. The summed E-state index contributed by atoms with van der Waals surface area (Å²) in [5, 5.41) is 10.2. The van der Waals surface area contributed by atoms with Crippen molar-refractivity contribution < 1.29 is 18.6 Å². The van der Waals surface area contributed by atoms with Gasteiger partial charge in [-0.15, -0.1) is 12.4 Å². The zero-order valence-corrected chi connectivity index (χ0v) is 12.5. The largest absolute Gasteiger partial charge is 0.435 e. The highest BCUT2D eigenvalue weighted by molar-refractivity contribution is 5.85. The molecule has 2 aromatic carbocycles. The Bertz CT molecular complexity index is 552. The molecule has 3 N–H and O–H groups in total. The van der Waals surface area contributed by atoms with E-state index in [0.717, 1.165) is 5.56 Å². The Hall–Kier alpha value is -1.69. The zero-order valence-electron chi connectivity index (χ0n) is 11.7. The molecule has 0 saturated carbocycles. The fraction of sp³-hybridized carbons (Fsp3) is 0.250. The fourth-order valence-corrected chi connectivity index (χ4v) is 2.08. The molecule has 6 heteroatoms. The number of aliphatic hydroxyl groups excluding tert-OH is 1. The summed E-state index contributed by atoms with van der Waals surface area (Å²) in [6, 6.07) is 14.9. The van der Waals surface area contributed by atoms with E-state index in [2.05, 4.69) is 4.74 Å². The maximum atomic E-state index is 12.1. The van der Waals surface area contributed by atoms with Crippen molar-refractivity contribution in [1.82, 2.24) is 0 Å². The molecule has 0 spiro atoms. The lowest BCUT2D eigenvalue weighted by Crippen LogP contribution is -2.28. The molecule has 2 aromatic rings. The molecule has 0 fully saturated rings. The minimum absolute atomic E-state index is 0. The first-order chi connectivity index (χ1) is 10.1. The van der Waals surface area contributed by atoms with Crippen molar-refractivity contribution in [3.8, 4) is 5.75 Å². The monoisotopic (exact) mass is 329 g/mol. The van der Waals surface area contributed by atoms with Crippen molar-refractivity contribution in [3.05, 3.63) is 65.7 Å². The molecule has 2 rings (SSSR count). The van der Waals surface area contributed by atoms with E-state index >= 15 is 0 Å². The van der Waals surface area contributed by atoms with Gasteiger partial charge in [0.15, 0.2) is 0 Å². The third-order valence-electron chi connectivity index (χ3n) is 3.19. The van der Waals surface area contributed by atoms with Crippen molar-refractivity contribution >= 4 is 12.4 Å². The second kappa shape index (κ2) is 8.68. The van der Waals surface area contributed by atoms with E-state index in [9.17, 15) is 13.9 Å². The van der Waals surface area contributed by atoms with Gasteiger partial charge < -0.3 is 15.6 Å². The number of hydrogen-bond acceptors (Lipinski definition) is 3. The highest BCUT2D eigenvalue weighted by Crippen LogP contribution is 2.21. The Morgan fingerprint density at radius 3 is 2.14 bits per heavy atom. The van der Waals surface area contributed by atoms with Crippen LogP contribution >= 0.6 is 12.4 Å². The van der Waals surface area contributed by atoms with Crippen molar-refractivity contribution in [1.29, 1.82) is 0 Å². The van der Waals surface area contributed by atoms with Crippen molar-refractivity contribution in [3.63, 3.8) is 0 Å². The van der Waals surface area contributed by atoms with Gasteiger partial charge >= 0.3 is 6.61 Å². The first-order valence-electron chi connectivity index (χ1n) is 6.58. The van der Waals surface area contributed by atoms with Crippen molar-refractivity contribution in [2.45, 2.75) is 25.2 Å². The molecule has 0 aromatic heterocycles. The number of nitrogens with two attached hydrogens (primary N) is 1. The van der Waals surface area contributed by atoms with Crippen LogP contribution in [-0.4, -0.2) is 17.8 Å². The van der Waals surface area contributed by atoms with Crippen LogP contribution in [-0.2, 0) is 6.42 Å². The van der Waals surface area contributed by atoms with Gasteiger partial charge in [-0.1, -0.05) is 42.5 Å². The van der Waals surface area contributed by atoms with Crippen molar-refractivity contribution in [2.24, 2.45) is 5.73 Å². The molecule has 22 heavy (non-hydrogen) atoms. The van der Waals surface area contributed by atoms with E-state index in [1.807, 2.05) is 30.3 Å². The van der Waals surface area contributed by atoms with E-state index in [-0.39, 0.29) is 18.2 Å². The number of halogens is 3. The molecule has 120 valence electrons. The summed E-state index contributed by atoms with van der Waals surface area (Å²) in [5.74, 6) is 0.0681. The minimum atomic E-state index is -2.85. The molecule has 0 aliphatic heterocycles. The molecule has 0 amide bonds. The Morgan fingerprint density at radius 2 is 1.59 bits per heavy atom. The molecule has 0 saturated heterocycles. The van der Waals surface area contributed by atoms with E-state index < -0.39 is 18.8 Å². The summed E-state index contributed by atoms with van der Waals surface area (Å²) in [5.41, 5.74) is 7.65. The number of hydrogen-bond donors (Lipinski definition) is 2.